The highest BCUT2D eigenvalue weighted by Crippen LogP contribution is 2.19. The molecule has 0 spiro atoms. The van der Waals surface area contributed by atoms with Gasteiger partial charge in [0.15, 0.2) is 0 Å². The summed E-state index contributed by atoms with van der Waals surface area (Å²) in [7, 11) is 0. The molecule has 0 fully saturated rings. The number of hydrogen-bond donors (Lipinski definition) is 1. The Morgan fingerprint density at radius 2 is 1.74 bits per heavy atom. The van der Waals surface area contributed by atoms with E-state index < -0.39 is 0 Å². The van der Waals surface area contributed by atoms with Crippen LogP contribution in [0.5, 0.6) is 5.75 Å². The van der Waals surface area contributed by atoms with E-state index in [4.69, 9.17) is 10.5 Å². The molecule has 0 aliphatic carbocycles. The molecule has 0 saturated heterocycles. The summed E-state index contributed by atoms with van der Waals surface area (Å²) in [4.78, 5) is 0. The summed E-state index contributed by atoms with van der Waals surface area (Å²) in [6.07, 6.45) is 0. The van der Waals surface area contributed by atoms with Crippen molar-refractivity contribution in [2.24, 2.45) is 5.73 Å². The Labute approximate surface area is 115 Å². The van der Waals surface area contributed by atoms with Gasteiger partial charge in [0.1, 0.15) is 12.4 Å². The van der Waals surface area contributed by atoms with E-state index >= 15 is 0 Å². The van der Waals surface area contributed by atoms with Gasteiger partial charge in [-0.1, -0.05) is 49.4 Å². The summed E-state index contributed by atoms with van der Waals surface area (Å²) in [5, 5.41) is 0. The number of benzene rings is 2. The highest BCUT2D eigenvalue weighted by molar-refractivity contribution is 5.32. The molecular weight excluding hydrogens is 234 g/mol. The second-order valence-electron chi connectivity index (χ2n) is 4.93. The van der Waals surface area contributed by atoms with Crippen LogP contribution in [0.3, 0.4) is 0 Å². The van der Waals surface area contributed by atoms with Crippen LogP contribution in [0.25, 0.3) is 0 Å². The lowest BCUT2D eigenvalue weighted by Crippen LogP contribution is -2.08. The first kappa shape index (κ1) is 13.6. The number of hydrogen-bond acceptors (Lipinski definition) is 2. The highest BCUT2D eigenvalue weighted by atomic mass is 16.5. The first-order chi connectivity index (χ1) is 9.20. The molecule has 0 amide bonds. The van der Waals surface area contributed by atoms with Crippen molar-refractivity contribution < 1.29 is 4.74 Å². The lowest BCUT2D eigenvalue weighted by atomic mass is 10.0. The second-order valence-corrected chi connectivity index (χ2v) is 4.93. The first-order valence-corrected chi connectivity index (χ1v) is 6.68. The fourth-order valence-electron chi connectivity index (χ4n) is 1.96. The second kappa shape index (κ2) is 6.39. The van der Waals surface area contributed by atoms with Crippen LogP contribution in [0.2, 0.25) is 0 Å². The molecule has 0 aliphatic heterocycles. The Kier molecular flexibility index (Phi) is 4.58. The lowest BCUT2D eigenvalue weighted by molar-refractivity contribution is 0.304. The van der Waals surface area contributed by atoms with Gasteiger partial charge < -0.3 is 10.5 Å². The number of nitrogens with two attached hydrogens (primary N) is 1. The van der Waals surface area contributed by atoms with Crippen LogP contribution in [-0.2, 0) is 6.61 Å². The molecule has 2 aromatic carbocycles. The third kappa shape index (κ3) is 3.58. The van der Waals surface area contributed by atoms with E-state index in [1.807, 2.05) is 18.2 Å². The van der Waals surface area contributed by atoms with Gasteiger partial charge in [-0.05, 0) is 42.1 Å². The Morgan fingerprint density at radius 1 is 1.05 bits per heavy atom. The monoisotopic (exact) mass is 255 g/mol. The third-order valence-electron chi connectivity index (χ3n) is 3.39. The van der Waals surface area contributed by atoms with Gasteiger partial charge in [-0.2, -0.15) is 0 Å². The van der Waals surface area contributed by atoms with Gasteiger partial charge in [-0.25, -0.2) is 0 Å². The molecule has 1 unspecified atom stereocenters. The molecule has 19 heavy (non-hydrogen) atoms. The average molecular weight is 255 g/mol. The molecule has 2 heteroatoms. The van der Waals surface area contributed by atoms with E-state index in [0.717, 1.165) is 11.3 Å². The molecule has 0 aliphatic rings. The summed E-state index contributed by atoms with van der Waals surface area (Å²) < 4.78 is 5.82. The Hall–Kier alpha value is -1.80. The van der Waals surface area contributed by atoms with Crippen molar-refractivity contribution in [3.8, 4) is 5.75 Å². The number of para-hydroxylation sites is 1. The minimum Gasteiger partial charge on any atom is -0.489 e. The van der Waals surface area contributed by atoms with Crippen LogP contribution >= 0.6 is 0 Å². The first-order valence-electron chi connectivity index (χ1n) is 6.68. The zero-order chi connectivity index (χ0) is 13.7. The van der Waals surface area contributed by atoms with E-state index in [0.29, 0.717) is 19.1 Å². The van der Waals surface area contributed by atoms with Crippen molar-refractivity contribution in [2.45, 2.75) is 26.4 Å². The SMILES string of the molecule is Cc1ccccc1OCc1ccc(C(C)CN)cc1. The normalized spacial score (nSPS) is 12.2. The molecule has 2 aromatic rings. The quantitative estimate of drug-likeness (QED) is 0.885. The van der Waals surface area contributed by atoms with Gasteiger partial charge in [0.05, 0.1) is 0 Å². The fourth-order valence-corrected chi connectivity index (χ4v) is 1.96. The minimum atomic E-state index is 0.409. The zero-order valence-electron chi connectivity index (χ0n) is 11.6. The van der Waals surface area contributed by atoms with Crippen molar-refractivity contribution >= 4 is 0 Å². The van der Waals surface area contributed by atoms with Crippen molar-refractivity contribution in [1.29, 1.82) is 0 Å². The summed E-state index contributed by atoms with van der Waals surface area (Å²) >= 11 is 0. The molecule has 0 heterocycles. The summed E-state index contributed by atoms with van der Waals surface area (Å²) in [5.41, 5.74) is 9.29. The van der Waals surface area contributed by atoms with Gasteiger partial charge in [-0.15, -0.1) is 0 Å². The fraction of sp³-hybridized carbons (Fsp3) is 0.294. The molecule has 0 aromatic heterocycles. The third-order valence-corrected chi connectivity index (χ3v) is 3.39. The number of ether oxygens (including phenoxy) is 1. The Morgan fingerprint density at radius 3 is 2.37 bits per heavy atom. The topological polar surface area (TPSA) is 35.2 Å². The van der Waals surface area contributed by atoms with Crippen molar-refractivity contribution in [2.75, 3.05) is 6.54 Å². The van der Waals surface area contributed by atoms with E-state index in [1.54, 1.807) is 0 Å². The molecular formula is C17H21NO. The largest absolute Gasteiger partial charge is 0.489 e. The lowest BCUT2D eigenvalue weighted by Gasteiger charge is -2.11. The number of aryl methyl sites for hydroxylation is 1. The van der Waals surface area contributed by atoms with Crippen LogP contribution in [0, 0.1) is 6.92 Å². The van der Waals surface area contributed by atoms with Gasteiger partial charge in [0, 0.05) is 0 Å². The Balaban J connectivity index is 1.99. The maximum Gasteiger partial charge on any atom is 0.122 e. The van der Waals surface area contributed by atoms with Crippen molar-refractivity contribution in [1.82, 2.24) is 0 Å². The molecule has 2 nitrogen and oxygen atoms in total. The molecule has 0 radical (unpaired) electrons. The number of rotatable bonds is 5. The van der Waals surface area contributed by atoms with Crippen molar-refractivity contribution in [3.63, 3.8) is 0 Å². The zero-order valence-corrected chi connectivity index (χ0v) is 11.6. The maximum atomic E-state index is 5.82. The Bertz CT molecular complexity index is 519. The van der Waals surface area contributed by atoms with Gasteiger partial charge in [0.2, 0.25) is 0 Å². The molecule has 1 atom stereocenters. The smallest absolute Gasteiger partial charge is 0.122 e. The van der Waals surface area contributed by atoms with Crippen LogP contribution in [0.15, 0.2) is 48.5 Å². The van der Waals surface area contributed by atoms with E-state index in [1.165, 1.54) is 11.1 Å². The predicted octanol–water partition coefficient (Wildman–Crippen LogP) is 3.64. The van der Waals surface area contributed by atoms with E-state index in [2.05, 4.69) is 44.2 Å². The van der Waals surface area contributed by atoms with Crippen LogP contribution in [0.4, 0.5) is 0 Å². The molecule has 0 saturated carbocycles. The molecule has 2 N–H and O–H groups in total. The molecule has 0 bridgehead atoms. The summed E-state index contributed by atoms with van der Waals surface area (Å²) in [5.74, 6) is 1.35. The highest BCUT2D eigenvalue weighted by Gasteiger charge is 2.03. The average Bonchev–Trinajstić information content (AvgIpc) is 2.46. The molecule has 2 rings (SSSR count). The predicted molar refractivity (Wildman–Crippen MR) is 79.4 cm³/mol. The minimum absolute atomic E-state index is 0.409. The van der Waals surface area contributed by atoms with Crippen LogP contribution in [-0.4, -0.2) is 6.54 Å². The van der Waals surface area contributed by atoms with Crippen molar-refractivity contribution in [3.05, 3.63) is 65.2 Å². The van der Waals surface area contributed by atoms with E-state index in [-0.39, 0.29) is 0 Å². The molecule has 100 valence electrons. The van der Waals surface area contributed by atoms with Gasteiger partial charge in [-0.3, -0.25) is 0 Å². The maximum absolute atomic E-state index is 5.82. The van der Waals surface area contributed by atoms with Crippen LogP contribution in [0.1, 0.15) is 29.5 Å². The van der Waals surface area contributed by atoms with E-state index in [9.17, 15) is 0 Å². The van der Waals surface area contributed by atoms with Gasteiger partial charge >= 0.3 is 0 Å². The van der Waals surface area contributed by atoms with Gasteiger partial charge in [0.25, 0.3) is 0 Å². The summed E-state index contributed by atoms with van der Waals surface area (Å²) in [6, 6.07) is 16.6. The van der Waals surface area contributed by atoms with Crippen LogP contribution < -0.4 is 10.5 Å². The summed E-state index contributed by atoms with van der Waals surface area (Å²) in [6.45, 7) is 5.47. The standard InChI is InChI=1S/C17H21NO/c1-13-5-3-4-6-17(13)19-12-15-7-9-16(10-8-15)14(2)11-18/h3-10,14H,11-12,18H2,1-2H3.